The average molecular weight is 455 g/mol. The number of hydrogen-bond acceptors (Lipinski definition) is 6. The first-order valence-corrected chi connectivity index (χ1v) is 12.2. The lowest BCUT2D eigenvalue weighted by atomic mass is 9.99. The van der Waals surface area contributed by atoms with Gasteiger partial charge in [-0.3, -0.25) is 4.79 Å². The summed E-state index contributed by atoms with van der Waals surface area (Å²) in [4.78, 5) is 28.4. The van der Waals surface area contributed by atoms with E-state index >= 15 is 0 Å². The summed E-state index contributed by atoms with van der Waals surface area (Å²) in [7, 11) is -3.96. The number of sulfone groups is 1. The summed E-state index contributed by atoms with van der Waals surface area (Å²) in [6, 6.07) is 13.3. The van der Waals surface area contributed by atoms with E-state index in [-0.39, 0.29) is 16.4 Å². The molecule has 1 fully saturated rings. The number of nitrogens with zero attached hydrogens (tertiary/aromatic N) is 2. The van der Waals surface area contributed by atoms with Crippen molar-refractivity contribution in [2.75, 3.05) is 24.6 Å². The SMILES string of the molecule is CCOC(=O)c1ccc(N2C=C(C(=O)N3CCC(C)CC3)S(=O)(=O)c3ccccc32)cc1. The first-order valence-electron chi connectivity index (χ1n) is 10.7. The smallest absolute Gasteiger partial charge is 0.338 e. The van der Waals surface area contributed by atoms with Crippen molar-refractivity contribution < 1.29 is 22.7 Å². The van der Waals surface area contributed by atoms with Crippen molar-refractivity contribution in [1.82, 2.24) is 4.90 Å². The van der Waals surface area contributed by atoms with Crippen LogP contribution < -0.4 is 4.90 Å². The quantitative estimate of drug-likeness (QED) is 0.652. The molecule has 0 aromatic heterocycles. The maximum Gasteiger partial charge on any atom is 0.338 e. The highest BCUT2D eigenvalue weighted by atomic mass is 32.2. The Morgan fingerprint density at radius 2 is 1.69 bits per heavy atom. The molecular formula is C24H26N2O5S. The second-order valence-corrected chi connectivity index (χ2v) is 9.96. The Morgan fingerprint density at radius 1 is 1.03 bits per heavy atom. The van der Waals surface area contributed by atoms with Gasteiger partial charge in [-0.1, -0.05) is 19.1 Å². The zero-order valence-corrected chi connectivity index (χ0v) is 19.0. The Balaban J connectivity index is 1.74. The number of carbonyl (C=O) groups is 2. The number of esters is 1. The lowest BCUT2D eigenvalue weighted by molar-refractivity contribution is -0.127. The maximum absolute atomic E-state index is 13.3. The highest BCUT2D eigenvalue weighted by Crippen LogP contribution is 2.40. The predicted molar refractivity (Wildman–Crippen MR) is 121 cm³/mol. The van der Waals surface area contributed by atoms with Crippen LogP contribution in [0.4, 0.5) is 11.4 Å². The van der Waals surface area contributed by atoms with Crippen LogP contribution in [0.15, 0.2) is 64.5 Å². The number of fused-ring (bicyclic) bond motifs is 1. The maximum atomic E-state index is 13.3. The number of benzene rings is 2. The molecule has 2 aromatic rings. The molecule has 0 N–H and O–H groups in total. The van der Waals surface area contributed by atoms with Gasteiger partial charge in [-0.05, 0) is 62.1 Å². The van der Waals surface area contributed by atoms with Crippen molar-refractivity contribution >= 4 is 33.1 Å². The zero-order chi connectivity index (χ0) is 22.9. The van der Waals surface area contributed by atoms with Gasteiger partial charge in [0.15, 0.2) is 4.91 Å². The molecule has 2 aliphatic rings. The number of anilines is 2. The van der Waals surface area contributed by atoms with Crippen LogP contribution in [-0.4, -0.2) is 44.9 Å². The van der Waals surface area contributed by atoms with Crippen LogP contribution >= 0.6 is 0 Å². The van der Waals surface area contributed by atoms with E-state index in [0.717, 1.165) is 12.8 Å². The predicted octanol–water partition coefficient (Wildman–Crippen LogP) is 3.89. The molecule has 32 heavy (non-hydrogen) atoms. The minimum absolute atomic E-state index is 0.0886. The Bertz CT molecular complexity index is 1160. The largest absolute Gasteiger partial charge is 0.462 e. The summed E-state index contributed by atoms with van der Waals surface area (Å²) >= 11 is 0. The lowest BCUT2D eigenvalue weighted by Gasteiger charge is -2.33. The number of rotatable bonds is 4. The molecule has 8 heteroatoms. The number of likely N-dealkylation sites (tertiary alicyclic amines) is 1. The van der Waals surface area contributed by atoms with Gasteiger partial charge in [0.2, 0.25) is 9.84 Å². The molecule has 1 amide bonds. The Labute approximate surface area is 188 Å². The molecule has 0 radical (unpaired) electrons. The van der Waals surface area contributed by atoms with Crippen LogP contribution in [0, 0.1) is 5.92 Å². The number of ether oxygens (including phenoxy) is 1. The third kappa shape index (κ3) is 4.02. The van der Waals surface area contributed by atoms with E-state index < -0.39 is 21.7 Å². The molecule has 4 rings (SSSR count). The summed E-state index contributed by atoms with van der Waals surface area (Å²) in [5, 5.41) is 0. The van der Waals surface area contributed by atoms with Crippen LogP contribution in [0.2, 0.25) is 0 Å². The number of piperidine rings is 1. The van der Waals surface area contributed by atoms with E-state index in [1.54, 1.807) is 59.2 Å². The summed E-state index contributed by atoms with van der Waals surface area (Å²) < 4.78 is 31.7. The van der Waals surface area contributed by atoms with Crippen molar-refractivity contribution in [1.29, 1.82) is 0 Å². The van der Waals surface area contributed by atoms with Crippen molar-refractivity contribution in [3.05, 3.63) is 65.2 Å². The molecular weight excluding hydrogens is 428 g/mol. The van der Waals surface area contributed by atoms with E-state index in [1.807, 2.05) is 0 Å². The van der Waals surface area contributed by atoms with Crippen molar-refractivity contribution in [2.24, 2.45) is 5.92 Å². The molecule has 0 atom stereocenters. The molecule has 0 spiro atoms. The highest BCUT2D eigenvalue weighted by Gasteiger charge is 2.38. The fourth-order valence-electron chi connectivity index (χ4n) is 3.98. The minimum Gasteiger partial charge on any atom is -0.462 e. The normalized spacial score (nSPS) is 18.0. The minimum atomic E-state index is -3.96. The van der Waals surface area contributed by atoms with E-state index in [1.165, 1.54) is 12.3 Å². The van der Waals surface area contributed by atoms with Crippen LogP contribution in [0.5, 0.6) is 0 Å². The van der Waals surface area contributed by atoms with Crippen molar-refractivity contribution in [3.8, 4) is 0 Å². The Kier molecular flexibility index (Phi) is 6.06. The molecule has 7 nitrogen and oxygen atoms in total. The van der Waals surface area contributed by atoms with Gasteiger partial charge in [0.25, 0.3) is 5.91 Å². The van der Waals surface area contributed by atoms with E-state index in [2.05, 4.69) is 6.92 Å². The van der Waals surface area contributed by atoms with E-state index in [9.17, 15) is 18.0 Å². The van der Waals surface area contributed by atoms with Gasteiger partial charge in [-0.15, -0.1) is 0 Å². The first kappa shape index (κ1) is 22.1. The van der Waals surface area contributed by atoms with Crippen LogP contribution in [0.25, 0.3) is 0 Å². The second kappa shape index (κ2) is 8.78. The standard InChI is InChI=1S/C24H26N2O5S/c1-3-31-24(28)18-8-10-19(11-9-18)26-16-22(23(27)25-14-12-17(2)13-15-25)32(29,30)21-7-5-4-6-20(21)26/h4-11,16-17H,3,12-15H2,1-2H3. The lowest BCUT2D eigenvalue weighted by Crippen LogP contribution is -2.41. The zero-order valence-electron chi connectivity index (χ0n) is 18.2. The van der Waals surface area contributed by atoms with E-state index in [4.69, 9.17) is 4.74 Å². The molecule has 0 bridgehead atoms. The third-order valence-electron chi connectivity index (χ3n) is 5.89. The molecule has 0 saturated carbocycles. The number of hydrogen-bond donors (Lipinski definition) is 0. The highest BCUT2D eigenvalue weighted by molar-refractivity contribution is 7.96. The summed E-state index contributed by atoms with van der Waals surface area (Å²) in [5.41, 5.74) is 1.49. The average Bonchev–Trinajstić information content (AvgIpc) is 2.80. The summed E-state index contributed by atoms with van der Waals surface area (Å²) in [6.45, 7) is 5.24. The topological polar surface area (TPSA) is 84.0 Å². The second-order valence-electron chi connectivity index (χ2n) is 8.08. The van der Waals surface area contributed by atoms with Gasteiger partial charge in [0.05, 0.1) is 22.8 Å². The molecule has 0 unspecified atom stereocenters. The molecule has 1 saturated heterocycles. The van der Waals surface area contributed by atoms with Gasteiger partial charge in [-0.2, -0.15) is 0 Å². The van der Waals surface area contributed by atoms with Crippen LogP contribution in [0.1, 0.15) is 37.0 Å². The van der Waals surface area contributed by atoms with E-state index in [0.29, 0.717) is 35.9 Å². The fraction of sp³-hybridized carbons (Fsp3) is 0.333. The number of carbonyl (C=O) groups excluding carboxylic acids is 2. The molecule has 2 heterocycles. The molecule has 2 aliphatic heterocycles. The Morgan fingerprint density at radius 3 is 2.34 bits per heavy atom. The van der Waals surface area contributed by atoms with Crippen LogP contribution in [0.3, 0.4) is 0 Å². The first-order chi connectivity index (χ1) is 15.3. The fourth-order valence-corrected chi connectivity index (χ4v) is 5.52. The van der Waals surface area contributed by atoms with Gasteiger partial charge in [-0.25, -0.2) is 13.2 Å². The molecule has 0 aliphatic carbocycles. The molecule has 168 valence electrons. The Hall–Kier alpha value is -3.13. The van der Waals surface area contributed by atoms with Crippen LogP contribution in [-0.2, 0) is 19.4 Å². The molecule has 2 aromatic carbocycles. The number of amides is 1. The number of para-hydroxylation sites is 1. The summed E-state index contributed by atoms with van der Waals surface area (Å²) in [5.74, 6) is -0.378. The van der Waals surface area contributed by atoms with Gasteiger partial charge in [0.1, 0.15) is 0 Å². The van der Waals surface area contributed by atoms with Gasteiger partial charge < -0.3 is 14.5 Å². The monoisotopic (exact) mass is 454 g/mol. The van der Waals surface area contributed by atoms with Gasteiger partial charge >= 0.3 is 5.97 Å². The van der Waals surface area contributed by atoms with Crippen molar-refractivity contribution in [3.63, 3.8) is 0 Å². The van der Waals surface area contributed by atoms with Gasteiger partial charge in [0, 0.05) is 25.0 Å². The summed E-state index contributed by atoms with van der Waals surface area (Å²) in [6.07, 6.45) is 3.11. The van der Waals surface area contributed by atoms with Crippen molar-refractivity contribution in [2.45, 2.75) is 31.6 Å². The third-order valence-corrected chi connectivity index (χ3v) is 7.67.